The van der Waals surface area contributed by atoms with Crippen LogP contribution >= 0.6 is 0 Å². The second-order valence-electron chi connectivity index (χ2n) is 7.18. The molecule has 11 nitrogen and oxygen atoms in total. The summed E-state index contributed by atoms with van der Waals surface area (Å²) < 4.78 is 7.21. The number of carbonyl (C=O) groups is 2. The Labute approximate surface area is 160 Å². The zero-order valence-electron chi connectivity index (χ0n) is 15.8. The van der Waals surface area contributed by atoms with Gasteiger partial charge in [-0.2, -0.15) is 0 Å². The number of rotatable bonds is 6. The highest BCUT2D eigenvalue weighted by Gasteiger charge is 2.36. The summed E-state index contributed by atoms with van der Waals surface area (Å²) in [5.41, 5.74) is 5.07. The second-order valence-corrected chi connectivity index (χ2v) is 7.18. The number of nitrogens with zero attached hydrogens (tertiary/aromatic N) is 3. The van der Waals surface area contributed by atoms with Crippen molar-refractivity contribution >= 4 is 28.7 Å². The number of ether oxygens (including phenoxy) is 1. The first-order valence-electron chi connectivity index (χ1n) is 8.79. The molecule has 0 saturated carbocycles. The number of primary amides is 1. The molecule has 1 saturated heterocycles. The molecule has 0 aromatic carbocycles. The van der Waals surface area contributed by atoms with Crippen LogP contribution in [0.3, 0.4) is 0 Å². The smallest absolute Gasteiger partial charge is 0.251 e. The second kappa shape index (κ2) is 7.43. The summed E-state index contributed by atoms with van der Waals surface area (Å²) >= 11 is 0. The normalized spacial score (nSPS) is 22.5. The third-order valence-electron chi connectivity index (χ3n) is 4.99. The van der Waals surface area contributed by atoms with E-state index in [0.29, 0.717) is 5.65 Å². The van der Waals surface area contributed by atoms with Crippen LogP contribution in [0.15, 0.2) is 12.5 Å². The summed E-state index contributed by atoms with van der Waals surface area (Å²) in [7, 11) is 1.65. The fraction of sp³-hybridized carbons (Fsp3) is 0.529. The van der Waals surface area contributed by atoms with E-state index in [1.54, 1.807) is 25.5 Å². The van der Waals surface area contributed by atoms with Gasteiger partial charge in [-0.15, -0.1) is 0 Å². The molecule has 0 radical (unpaired) electrons. The minimum atomic E-state index is -0.875. The van der Waals surface area contributed by atoms with Gasteiger partial charge in [-0.3, -0.25) is 9.59 Å². The van der Waals surface area contributed by atoms with Gasteiger partial charge in [0.2, 0.25) is 5.91 Å². The maximum absolute atomic E-state index is 12.5. The standard InChI is InChI=1S/C17H24N6O5/c1-17(2,19-3)16(27)22-14-12-8(13(18)26)5-23(15(12)21-7-20-14)11-4-9(25)10(6-24)28-11/h5,7,9-11,19,24-25H,4,6H2,1-3H3,(H2,18,26)(H,20,21,22,27)/t9-,10-,11-/m1/s1. The molecule has 6 N–H and O–H groups in total. The van der Waals surface area contributed by atoms with Gasteiger partial charge < -0.3 is 35.9 Å². The van der Waals surface area contributed by atoms with Crippen LogP contribution in [-0.4, -0.2) is 68.0 Å². The van der Waals surface area contributed by atoms with Gasteiger partial charge in [0.15, 0.2) is 0 Å². The van der Waals surface area contributed by atoms with Gasteiger partial charge in [-0.05, 0) is 20.9 Å². The van der Waals surface area contributed by atoms with Gasteiger partial charge in [-0.25, -0.2) is 9.97 Å². The predicted octanol–water partition coefficient (Wildman–Crippen LogP) is -0.893. The van der Waals surface area contributed by atoms with Crippen LogP contribution in [-0.2, 0) is 9.53 Å². The zero-order chi connectivity index (χ0) is 20.6. The molecular formula is C17H24N6O5. The maximum Gasteiger partial charge on any atom is 0.251 e. The minimum Gasteiger partial charge on any atom is -0.394 e. The first-order chi connectivity index (χ1) is 13.2. The number of aromatic nitrogens is 3. The lowest BCUT2D eigenvalue weighted by molar-refractivity contribution is -0.121. The molecule has 2 aromatic rings. The number of nitrogens with one attached hydrogen (secondary N) is 2. The van der Waals surface area contributed by atoms with Crippen LogP contribution in [0.1, 0.15) is 36.9 Å². The number of aliphatic hydroxyl groups excluding tert-OH is 2. The van der Waals surface area contributed by atoms with Crippen molar-refractivity contribution in [2.45, 2.75) is 44.2 Å². The van der Waals surface area contributed by atoms with Crippen molar-refractivity contribution in [3.05, 3.63) is 18.1 Å². The number of fused-ring (bicyclic) bond motifs is 1. The number of nitrogens with two attached hydrogens (primary N) is 1. The van der Waals surface area contributed by atoms with Crippen molar-refractivity contribution in [1.82, 2.24) is 19.9 Å². The molecule has 1 aliphatic heterocycles. The van der Waals surface area contributed by atoms with Crippen LogP contribution in [0.5, 0.6) is 0 Å². The van der Waals surface area contributed by atoms with Crippen LogP contribution in [0.4, 0.5) is 5.82 Å². The topological polar surface area (TPSA) is 165 Å². The SMILES string of the molecule is CNC(C)(C)C(=O)Nc1ncnc2c1c(C(N)=O)cn2[C@H]1C[C@@H](O)[C@@H](CO)O1. The van der Waals surface area contributed by atoms with Crippen molar-refractivity contribution < 1.29 is 24.5 Å². The summed E-state index contributed by atoms with van der Waals surface area (Å²) in [5, 5.41) is 25.2. The average molecular weight is 392 g/mol. The fourth-order valence-corrected chi connectivity index (χ4v) is 3.01. The van der Waals surface area contributed by atoms with E-state index < -0.39 is 29.9 Å². The molecule has 0 unspecified atom stereocenters. The third kappa shape index (κ3) is 3.44. The van der Waals surface area contributed by atoms with Crippen LogP contribution < -0.4 is 16.4 Å². The van der Waals surface area contributed by atoms with E-state index in [1.807, 2.05) is 0 Å². The molecule has 1 fully saturated rings. The first-order valence-corrected chi connectivity index (χ1v) is 8.79. The largest absolute Gasteiger partial charge is 0.394 e. The van der Waals surface area contributed by atoms with Gasteiger partial charge >= 0.3 is 0 Å². The summed E-state index contributed by atoms with van der Waals surface area (Å²) in [6.07, 6.45) is 0.651. The number of anilines is 1. The Bertz CT molecular complexity index is 911. The highest BCUT2D eigenvalue weighted by atomic mass is 16.5. The van der Waals surface area contributed by atoms with Crippen LogP contribution in [0, 0.1) is 0 Å². The van der Waals surface area contributed by atoms with Crippen molar-refractivity contribution in [3.63, 3.8) is 0 Å². The number of hydrogen-bond donors (Lipinski definition) is 5. The molecule has 2 aromatic heterocycles. The molecule has 3 heterocycles. The molecule has 0 aliphatic carbocycles. The van der Waals surface area contributed by atoms with Crippen LogP contribution in [0.2, 0.25) is 0 Å². The van der Waals surface area contributed by atoms with Gasteiger partial charge in [0, 0.05) is 12.6 Å². The summed E-state index contributed by atoms with van der Waals surface area (Å²) in [5.74, 6) is -0.937. The van der Waals surface area contributed by atoms with Gasteiger partial charge in [0.25, 0.3) is 5.91 Å². The Kier molecular flexibility index (Phi) is 5.35. The Morgan fingerprint density at radius 1 is 1.43 bits per heavy atom. The third-order valence-corrected chi connectivity index (χ3v) is 4.99. The molecule has 3 atom stereocenters. The molecule has 2 amide bonds. The van der Waals surface area contributed by atoms with E-state index in [0.717, 1.165) is 0 Å². The van der Waals surface area contributed by atoms with E-state index in [1.165, 1.54) is 12.5 Å². The highest BCUT2D eigenvalue weighted by Crippen LogP contribution is 2.34. The van der Waals surface area contributed by atoms with E-state index in [-0.39, 0.29) is 35.7 Å². The Hall–Kier alpha value is -2.60. The lowest BCUT2D eigenvalue weighted by atomic mass is 10.1. The monoisotopic (exact) mass is 392 g/mol. The average Bonchev–Trinajstić information content (AvgIpc) is 3.22. The number of aliphatic hydroxyl groups is 2. The summed E-state index contributed by atoms with van der Waals surface area (Å²) in [6.45, 7) is 3.06. The molecule has 3 rings (SSSR count). The molecule has 0 spiro atoms. The molecule has 0 bridgehead atoms. The number of carbonyl (C=O) groups excluding carboxylic acids is 2. The summed E-state index contributed by atoms with van der Waals surface area (Å²) in [4.78, 5) is 32.9. The number of amides is 2. The van der Waals surface area contributed by atoms with E-state index >= 15 is 0 Å². The van der Waals surface area contributed by atoms with Crippen LogP contribution in [0.25, 0.3) is 11.0 Å². The molecular weight excluding hydrogens is 368 g/mol. The number of hydrogen-bond acceptors (Lipinski definition) is 8. The summed E-state index contributed by atoms with van der Waals surface area (Å²) in [6, 6.07) is 0. The predicted molar refractivity (Wildman–Crippen MR) is 99.4 cm³/mol. The quantitative estimate of drug-likeness (QED) is 0.422. The lowest BCUT2D eigenvalue weighted by Gasteiger charge is -2.22. The van der Waals surface area contributed by atoms with Crippen molar-refractivity contribution in [2.24, 2.45) is 5.73 Å². The Balaban J connectivity index is 2.08. The Morgan fingerprint density at radius 2 is 2.14 bits per heavy atom. The van der Waals surface area contributed by atoms with Crippen molar-refractivity contribution in [3.8, 4) is 0 Å². The van der Waals surface area contributed by atoms with Gasteiger partial charge in [0.1, 0.15) is 30.1 Å². The molecule has 152 valence electrons. The maximum atomic E-state index is 12.5. The highest BCUT2D eigenvalue weighted by molar-refractivity contribution is 6.12. The lowest BCUT2D eigenvalue weighted by Crippen LogP contribution is -2.48. The van der Waals surface area contributed by atoms with Gasteiger partial charge in [0.05, 0.1) is 29.2 Å². The van der Waals surface area contributed by atoms with E-state index in [2.05, 4.69) is 20.6 Å². The zero-order valence-corrected chi connectivity index (χ0v) is 15.8. The van der Waals surface area contributed by atoms with E-state index in [4.69, 9.17) is 10.5 Å². The first kappa shape index (κ1) is 20.1. The minimum absolute atomic E-state index is 0.110. The van der Waals surface area contributed by atoms with E-state index in [9.17, 15) is 19.8 Å². The van der Waals surface area contributed by atoms with Crippen molar-refractivity contribution in [2.75, 3.05) is 19.0 Å². The molecule has 11 heteroatoms. The molecule has 1 aliphatic rings. The number of likely N-dealkylation sites (N-methyl/N-ethyl adjacent to an activating group) is 1. The van der Waals surface area contributed by atoms with Crippen molar-refractivity contribution in [1.29, 1.82) is 0 Å². The fourth-order valence-electron chi connectivity index (χ4n) is 3.01. The van der Waals surface area contributed by atoms with Gasteiger partial charge in [-0.1, -0.05) is 0 Å². The Morgan fingerprint density at radius 3 is 2.71 bits per heavy atom. The molecule has 28 heavy (non-hydrogen) atoms.